The van der Waals surface area contributed by atoms with Gasteiger partial charge in [-0.2, -0.15) is 0 Å². The first kappa shape index (κ1) is 20.1. The van der Waals surface area contributed by atoms with Crippen molar-refractivity contribution in [2.75, 3.05) is 17.2 Å². The molecule has 2 amide bonds. The number of fused-ring (bicyclic) bond motifs is 1. The highest BCUT2D eigenvalue weighted by atomic mass is 35.5. The highest BCUT2D eigenvalue weighted by Crippen LogP contribution is 2.32. The van der Waals surface area contributed by atoms with Crippen LogP contribution in [-0.2, 0) is 19.4 Å². The van der Waals surface area contributed by atoms with Crippen molar-refractivity contribution in [3.05, 3.63) is 47.2 Å². The third-order valence-corrected chi connectivity index (χ3v) is 6.57. The van der Waals surface area contributed by atoms with E-state index in [0.717, 1.165) is 12.1 Å². The van der Waals surface area contributed by atoms with Gasteiger partial charge in [0.15, 0.2) is 16.4 Å². The van der Waals surface area contributed by atoms with Gasteiger partial charge in [-0.05, 0) is 37.3 Å². The van der Waals surface area contributed by atoms with Crippen molar-refractivity contribution in [2.45, 2.75) is 23.5 Å². The van der Waals surface area contributed by atoms with Gasteiger partial charge in [-0.1, -0.05) is 11.6 Å². The van der Waals surface area contributed by atoms with E-state index < -0.39 is 26.8 Å². The Balaban J connectivity index is 1.73. The van der Waals surface area contributed by atoms with Crippen LogP contribution in [0.3, 0.4) is 0 Å². The van der Waals surface area contributed by atoms with Crippen LogP contribution in [-0.4, -0.2) is 32.1 Å². The van der Waals surface area contributed by atoms with Gasteiger partial charge in [-0.15, -0.1) is 0 Å². The van der Waals surface area contributed by atoms with Gasteiger partial charge in [0.05, 0.1) is 26.5 Å². The molecule has 0 radical (unpaired) electrons. The van der Waals surface area contributed by atoms with Gasteiger partial charge in [0.25, 0.3) is 5.91 Å². The van der Waals surface area contributed by atoms with Crippen molar-refractivity contribution >= 4 is 44.6 Å². The molecule has 7 nitrogen and oxygen atoms in total. The fourth-order valence-electron chi connectivity index (χ4n) is 2.63. The summed E-state index contributed by atoms with van der Waals surface area (Å²) in [6, 6.07) is 7.56. The Morgan fingerprint density at radius 2 is 2.07 bits per heavy atom. The van der Waals surface area contributed by atoms with E-state index in [9.17, 15) is 22.4 Å². The van der Waals surface area contributed by atoms with Gasteiger partial charge < -0.3 is 15.4 Å². The van der Waals surface area contributed by atoms with E-state index in [0.29, 0.717) is 5.69 Å². The van der Waals surface area contributed by atoms with Gasteiger partial charge in [0, 0.05) is 12.5 Å². The van der Waals surface area contributed by atoms with Crippen molar-refractivity contribution in [1.29, 1.82) is 0 Å². The number of rotatable bonds is 5. The molecular weight excluding hydrogens is 411 g/mol. The summed E-state index contributed by atoms with van der Waals surface area (Å²) in [4.78, 5) is 23.5. The molecule has 0 aliphatic carbocycles. The second-order valence-corrected chi connectivity index (χ2v) is 9.00. The highest BCUT2D eigenvalue weighted by molar-refractivity contribution is 7.92. The average molecular weight is 427 g/mol. The maximum absolute atomic E-state index is 13.1. The quantitative estimate of drug-likeness (QED) is 0.765. The molecule has 0 fully saturated rings. The van der Waals surface area contributed by atoms with Crippen LogP contribution in [0.1, 0.15) is 13.3 Å². The molecule has 1 aliphatic rings. The minimum absolute atomic E-state index is 0.0118. The Morgan fingerprint density at radius 3 is 2.79 bits per heavy atom. The van der Waals surface area contributed by atoms with Crippen LogP contribution in [0, 0.1) is 5.82 Å². The number of halogens is 2. The summed E-state index contributed by atoms with van der Waals surface area (Å²) in [5.74, 6) is -1.21. The van der Waals surface area contributed by atoms with E-state index in [1.807, 2.05) is 0 Å². The first-order chi connectivity index (χ1) is 13.2. The van der Waals surface area contributed by atoms with Crippen LogP contribution in [0.4, 0.5) is 15.8 Å². The van der Waals surface area contributed by atoms with E-state index in [2.05, 4.69) is 10.6 Å². The molecule has 0 saturated heterocycles. The lowest BCUT2D eigenvalue weighted by atomic mass is 10.2. The van der Waals surface area contributed by atoms with E-state index in [4.69, 9.17) is 16.3 Å². The summed E-state index contributed by atoms with van der Waals surface area (Å²) in [6.07, 6.45) is -0.329. The van der Waals surface area contributed by atoms with Crippen LogP contribution in [0.25, 0.3) is 0 Å². The maximum atomic E-state index is 13.1. The van der Waals surface area contributed by atoms with Crippen LogP contribution in [0.5, 0.6) is 5.75 Å². The third kappa shape index (κ3) is 4.26. The third-order valence-electron chi connectivity index (χ3n) is 4.12. The zero-order valence-electron chi connectivity index (χ0n) is 14.7. The monoisotopic (exact) mass is 426 g/mol. The molecule has 148 valence electrons. The smallest absolute Gasteiger partial charge is 0.262 e. The Kier molecular flexibility index (Phi) is 5.57. The number of carbonyl (C=O) groups is 2. The van der Waals surface area contributed by atoms with E-state index >= 15 is 0 Å². The lowest BCUT2D eigenvalue weighted by molar-refractivity contribution is -0.118. The predicted octanol–water partition coefficient (Wildman–Crippen LogP) is 3.00. The zero-order chi connectivity index (χ0) is 20.5. The summed E-state index contributed by atoms with van der Waals surface area (Å²) in [5, 5.41) is 4.02. The standard InChI is InChI=1S/C18H16ClFN2O5S/c1-10(6-17(23)21-14-4-2-11(20)7-13(14)19)28(25,26)12-3-5-15-16(8-12)27-9-18(24)22-15/h2-5,7-8,10H,6,9H2,1H3,(H,21,23)(H,22,24). The Hall–Kier alpha value is -2.65. The molecule has 2 aromatic carbocycles. The fourth-order valence-corrected chi connectivity index (χ4v) is 4.21. The van der Waals surface area contributed by atoms with Crippen LogP contribution < -0.4 is 15.4 Å². The SMILES string of the molecule is CC(CC(=O)Nc1ccc(F)cc1Cl)S(=O)(=O)c1ccc2c(c1)OCC(=O)N2. The minimum atomic E-state index is -3.84. The van der Waals surface area contributed by atoms with E-state index in [1.54, 1.807) is 0 Å². The second-order valence-electron chi connectivity index (χ2n) is 6.23. The molecule has 0 saturated carbocycles. The number of nitrogens with one attached hydrogen (secondary N) is 2. The van der Waals surface area contributed by atoms with Gasteiger partial charge in [0.1, 0.15) is 11.6 Å². The van der Waals surface area contributed by atoms with Gasteiger partial charge in [-0.25, -0.2) is 12.8 Å². The molecule has 2 aromatic rings. The number of ether oxygens (including phenoxy) is 1. The highest BCUT2D eigenvalue weighted by Gasteiger charge is 2.28. The van der Waals surface area contributed by atoms with Gasteiger partial charge >= 0.3 is 0 Å². The van der Waals surface area contributed by atoms with Crippen molar-refractivity contribution in [2.24, 2.45) is 0 Å². The lowest BCUT2D eigenvalue weighted by Gasteiger charge is -2.19. The summed E-state index contributed by atoms with van der Waals surface area (Å²) in [5.41, 5.74) is 0.571. The van der Waals surface area contributed by atoms with Crippen LogP contribution >= 0.6 is 11.6 Å². The van der Waals surface area contributed by atoms with E-state index in [1.165, 1.54) is 31.2 Å². The molecule has 1 atom stereocenters. The number of anilines is 2. The first-order valence-corrected chi connectivity index (χ1v) is 10.1. The topological polar surface area (TPSA) is 102 Å². The molecule has 1 heterocycles. The summed E-state index contributed by atoms with van der Waals surface area (Å²) < 4.78 is 43.9. The molecule has 2 N–H and O–H groups in total. The molecule has 28 heavy (non-hydrogen) atoms. The van der Waals surface area contributed by atoms with E-state index in [-0.39, 0.29) is 40.3 Å². The molecule has 0 aromatic heterocycles. The minimum Gasteiger partial charge on any atom is -0.482 e. The zero-order valence-corrected chi connectivity index (χ0v) is 16.2. The number of benzene rings is 2. The maximum Gasteiger partial charge on any atom is 0.262 e. The number of carbonyl (C=O) groups excluding carboxylic acids is 2. The largest absolute Gasteiger partial charge is 0.482 e. The van der Waals surface area contributed by atoms with Crippen LogP contribution in [0.15, 0.2) is 41.3 Å². The Bertz CT molecular complexity index is 1060. The normalized spacial score (nSPS) is 14.5. The second kappa shape index (κ2) is 7.76. The number of hydrogen-bond donors (Lipinski definition) is 2. The molecule has 3 rings (SSSR count). The molecule has 1 unspecified atom stereocenters. The summed E-state index contributed by atoms with van der Waals surface area (Å²) in [7, 11) is -3.84. The lowest BCUT2D eigenvalue weighted by Crippen LogP contribution is -2.27. The Morgan fingerprint density at radius 1 is 1.32 bits per heavy atom. The van der Waals surface area contributed by atoms with Crippen molar-refractivity contribution in [3.63, 3.8) is 0 Å². The van der Waals surface area contributed by atoms with Gasteiger partial charge in [0.2, 0.25) is 5.91 Å². The van der Waals surface area contributed by atoms with Crippen molar-refractivity contribution in [3.8, 4) is 5.75 Å². The fraction of sp³-hybridized carbons (Fsp3) is 0.222. The van der Waals surface area contributed by atoms with Crippen molar-refractivity contribution in [1.82, 2.24) is 0 Å². The molecule has 0 bridgehead atoms. The van der Waals surface area contributed by atoms with Gasteiger partial charge in [-0.3, -0.25) is 9.59 Å². The summed E-state index contributed by atoms with van der Waals surface area (Å²) >= 11 is 5.86. The first-order valence-electron chi connectivity index (χ1n) is 8.22. The summed E-state index contributed by atoms with van der Waals surface area (Å²) in [6.45, 7) is 1.20. The van der Waals surface area contributed by atoms with Crippen LogP contribution in [0.2, 0.25) is 5.02 Å². The molecule has 1 aliphatic heterocycles. The van der Waals surface area contributed by atoms with Crippen molar-refractivity contribution < 1.29 is 27.1 Å². The molecule has 0 spiro atoms. The molecule has 10 heteroatoms. The predicted molar refractivity (Wildman–Crippen MR) is 102 cm³/mol. The Labute approximate surface area is 165 Å². The number of amides is 2. The average Bonchev–Trinajstić information content (AvgIpc) is 2.63. The number of sulfone groups is 1. The number of hydrogen-bond acceptors (Lipinski definition) is 5. The molecular formula is C18H16ClFN2O5S.